The van der Waals surface area contributed by atoms with Crippen LogP contribution in [0.4, 0.5) is 5.69 Å². The number of nitrogens with zero attached hydrogens (tertiary/aromatic N) is 3. The smallest absolute Gasteiger partial charge is 0.237 e. The van der Waals surface area contributed by atoms with Gasteiger partial charge in [-0.1, -0.05) is 35.5 Å². The van der Waals surface area contributed by atoms with Crippen LogP contribution in [0.25, 0.3) is 17.1 Å². The molecule has 9 heteroatoms. The molecule has 1 heterocycles. The third kappa shape index (κ3) is 5.18. The summed E-state index contributed by atoms with van der Waals surface area (Å²) in [6.45, 7) is 1.83. The quantitative estimate of drug-likeness (QED) is 0.315. The molecule has 174 valence electrons. The molecule has 0 aliphatic carbocycles. The Balaban J connectivity index is 1.65. The Kier molecular flexibility index (Phi) is 7.40. The SMILES string of the molecule is COc1ccc(NC(=O)C(C)Sc2nnc(-c3ccccc3OC)n2-c2ccc(Cl)cc2)cc1. The number of hydrogen-bond donors (Lipinski definition) is 1. The van der Waals surface area contributed by atoms with Gasteiger partial charge in [0.15, 0.2) is 11.0 Å². The molecule has 4 rings (SSSR count). The van der Waals surface area contributed by atoms with Crippen molar-refractivity contribution in [3.8, 4) is 28.6 Å². The van der Waals surface area contributed by atoms with Crippen LogP contribution in [-0.2, 0) is 4.79 Å². The highest BCUT2D eigenvalue weighted by Gasteiger charge is 2.23. The topological polar surface area (TPSA) is 78.3 Å². The molecular weight excluding hydrogens is 472 g/mol. The molecule has 0 fully saturated rings. The number of carbonyl (C=O) groups is 1. The molecule has 1 atom stereocenters. The summed E-state index contributed by atoms with van der Waals surface area (Å²) in [5, 5.41) is 12.5. The number of thioether (sulfide) groups is 1. The van der Waals surface area contributed by atoms with E-state index in [4.69, 9.17) is 21.1 Å². The van der Waals surface area contributed by atoms with Crippen LogP contribution in [0.2, 0.25) is 5.02 Å². The number of benzene rings is 3. The zero-order valence-electron chi connectivity index (χ0n) is 18.9. The van der Waals surface area contributed by atoms with Gasteiger partial charge < -0.3 is 14.8 Å². The number of hydrogen-bond acceptors (Lipinski definition) is 6. The van der Waals surface area contributed by atoms with Crippen molar-refractivity contribution in [1.29, 1.82) is 0 Å². The summed E-state index contributed by atoms with van der Waals surface area (Å²) in [7, 11) is 3.21. The van der Waals surface area contributed by atoms with E-state index in [2.05, 4.69) is 15.5 Å². The number of aromatic nitrogens is 3. The average Bonchev–Trinajstić information content (AvgIpc) is 3.28. The van der Waals surface area contributed by atoms with Gasteiger partial charge in [-0.15, -0.1) is 10.2 Å². The second kappa shape index (κ2) is 10.6. The van der Waals surface area contributed by atoms with E-state index < -0.39 is 5.25 Å². The van der Waals surface area contributed by atoms with Gasteiger partial charge in [-0.2, -0.15) is 0 Å². The maximum absolute atomic E-state index is 12.9. The molecule has 3 aromatic carbocycles. The molecule has 0 saturated heterocycles. The monoisotopic (exact) mass is 494 g/mol. The van der Waals surface area contributed by atoms with Crippen LogP contribution in [0.15, 0.2) is 78.0 Å². The second-order valence-electron chi connectivity index (χ2n) is 7.30. The number of nitrogens with one attached hydrogen (secondary N) is 1. The molecule has 0 spiro atoms. The van der Waals surface area contributed by atoms with E-state index >= 15 is 0 Å². The molecule has 0 aliphatic rings. The van der Waals surface area contributed by atoms with E-state index in [0.29, 0.717) is 27.4 Å². The lowest BCUT2D eigenvalue weighted by Gasteiger charge is -2.15. The summed E-state index contributed by atoms with van der Waals surface area (Å²) in [6, 6.07) is 22.2. The average molecular weight is 495 g/mol. The van der Waals surface area contributed by atoms with Crippen molar-refractivity contribution in [2.75, 3.05) is 19.5 Å². The van der Waals surface area contributed by atoms with E-state index in [1.165, 1.54) is 11.8 Å². The predicted molar refractivity (Wildman–Crippen MR) is 135 cm³/mol. The van der Waals surface area contributed by atoms with Gasteiger partial charge in [0.05, 0.1) is 25.0 Å². The number of anilines is 1. The minimum atomic E-state index is -0.442. The van der Waals surface area contributed by atoms with Gasteiger partial charge >= 0.3 is 0 Å². The lowest BCUT2D eigenvalue weighted by molar-refractivity contribution is -0.115. The first-order chi connectivity index (χ1) is 16.5. The fraction of sp³-hybridized carbons (Fsp3) is 0.160. The van der Waals surface area contributed by atoms with E-state index in [9.17, 15) is 4.79 Å². The van der Waals surface area contributed by atoms with E-state index in [-0.39, 0.29) is 5.91 Å². The van der Waals surface area contributed by atoms with Gasteiger partial charge in [0.25, 0.3) is 0 Å². The van der Waals surface area contributed by atoms with E-state index in [0.717, 1.165) is 17.0 Å². The summed E-state index contributed by atoms with van der Waals surface area (Å²) < 4.78 is 12.6. The maximum atomic E-state index is 12.9. The van der Waals surface area contributed by atoms with Crippen LogP contribution in [0.1, 0.15) is 6.92 Å². The highest BCUT2D eigenvalue weighted by atomic mass is 35.5. The number of rotatable bonds is 8. The van der Waals surface area contributed by atoms with Crippen molar-refractivity contribution in [1.82, 2.24) is 14.8 Å². The Morgan fingerprint density at radius 1 is 0.971 bits per heavy atom. The molecule has 1 aromatic heterocycles. The summed E-state index contributed by atoms with van der Waals surface area (Å²) >= 11 is 7.42. The Morgan fingerprint density at radius 3 is 2.35 bits per heavy atom. The highest BCUT2D eigenvalue weighted by molar-refractivity contribution is 8.00. The van der Waals surface area contributed by atoms with Crippen LogP contribution < -0.4 is 14.8 Å². The number of halogens is 1. The first-order valence-electron chi connectivity index (χ1n) is 10.5. The van der Waals surface area contributed by atoms with Crippen LogP contribution in [0.3, 0.4) is 0 Å². The lowest BCUT2D eigenvalue weighted by Crippen LogP contribution is -2.22. The molecular formula is C25H23ClN4O3S. The fourth-order valence-electron chi connectivity index (χ4n) is 3.30. The normalized spacial score (nSPS) is 11.6. The molecule has 1 amide bonds. The van der Waals surface area contributed by atoms with E-state index in [1.807, 2.05) is 47.9 Å². The molecule has 0 aliphatic heterocycles. The number of carbonyl (C=O) groups excluding carboxylic acids is 1. The Morgan fingerprint density at radius 2 is 1.68 bits per heavy atom. The van der Waals surface area contributed by atoms with Gasteiger partial charge in [-0.25, -0.2) is 0 Å². The number of methoxy groups -OCH3 is 2. The summed E-state index contributed by atoms with van der Waals surface area (Å²) in [5.41, 5.74) is 2.29. The zero-order valence-corrected chi connectivity index (χ0v) is 20.4. The molecule has 1 unspecified atom stereocenters. The lowest BCUT2D eigenvalue weighted by atomic mass is 10.2. The Hall–Kier alpha value is -3.49. The van der Waals surface area contributed by atoms with Gasteiger partial charge in [-0.3, -0.25) is 9.36 Å². The van der Waals surface area contributed by atoms with Gasteiger partial charge in [0.1, 0.15) is 11.5 Å². The third-order valence-corrected chi connectivity index (χ3v) is 6.37. The minimum absolute atomic E-state index is 0.153. The molecule has 4 aromatic rings. The molecule has 7 nitrogen and oxygen atoms in total. The molecule has 0 saturated carbocycles. The first-order valence-corrected chi connectivity index (χ1v) is 11.7. The molecule has 0 bridgehead atoms. The fourth-order valence-corrected chi connectivity index (χ4v) is 4.30. The van der Waals surface area contributed by atoms with Crippen LogP contribution >= 0.6 is 23.4 Å². The molecule has 0 radical (unpaired) electrons. The molecule has 34 heavy (non-hydrogen) atoms. The summed E-state index contributed by atoms with van der Waals surface area (Å²) in [4.78, 5) is 12.9. The van der Waals surface area contributed by atoms with Crippen molar-refractivity contribution in [3.63, 3.8) is 0 Å². The largest absolute Gasteiger partial charge is 0.497 e. The van der Waals surface area contributed by atoms with Crippen molar-refractivity contribution >= 4 is 35.0 Å². The summed E-state index contributed by atoms with van der Waals surface area (Å²) in [5.74, 6) is 1.84. The van der Waals surface area contributed by atoms with Crippen molar-refractivity contribution in [2.24, 2.45) is 0 Å². The third-order valence-electron chi connectivity index (χ3n) is 5.08. The van der Waals surface area contributed by atoms with Gasteiger partial charge in [-0.05, 0) is 67.6 Å². The highest BCUT2D eigenvalue weighted by Crippen LogP contribution is 2.34. The first kappa shape index (κ1) is 23.7. The van der Waals surface area contributed by atoms with Crippen LogP contribution in [0, 0.1) is 0 Å². The molecule has 1 N–H and O–H groups in total. The standard InChI is InChI=1S/C25H23ClN4O3S/c1-16(24(31)27-18-10-14-20(32-2)15-11-18)34-25-29-28-23(21-6-4-5-7-22(21)33-3)30(25)19-12-8-17(26)9-13-19/h4-16H,1-3H3,(H,27,31). The number of amides is 1. The van der Waals surface area contributed by atoms with E-state index in [1.54, 1.807) is 50.6 Å². The Bertz CT molecular complexity index is 1280. The van der Waals surface area contributed by atoms with Gasteiger partial charge in [0, 0.05) is 16.4 Å². The maximum Gasteiger partial charge on any atom is 0.237 e. The van der Waals surface area contributed by atoms with Gasteiger partial charge in [0.2, 0.25) is 5.91 Å². The second-order valence-corrected chi connectivity index (χ2v) is 9.04. The number of para-hydroxylation sites is 1. The zero-order chi connectivity index (χ0) is 24.1. The van der Waals surface area contributed by atoms with Crippen molar-refractivity contribution in [2.45, 2.75) is 17.3 Å². The van der Waals surface area contributed by atoms with Crippen molar-refractivity contribution in [3.05, 3.63) is 77.8 Å². The minimum Gasteiger partial charge on any atom is -0.497 e. The predicted octanol–water partition coefficient (Wildman–Crippen LogP) is 5.72. The number of ether oxygens (including phenoxy) is 2. The Labute approximate surface area is 207 Å². The van der Waals surface area contributed by atoms with Crippen LogP contribution in [0.5, 0.6) is 11.5 Å². The summed E-state index contributed by atoms with van der Waals surface area (Å²) in [6.07, 6.45) is 0. The van der Waals surface area contributed by atoms with Crippen LogP contribution in [-0.4, -0.2) is 40.1 Å². The van der Waals surface area contributed by atoms with Crippen molar-refractivity contribution < 1.29 is 14.3 Å².